The van der Waals surface area contributed by atoms with Gasteiger partial charge in [0, 0.05) is 18.3 Å². The third-order valence-corrected chi connectivity index (χ3v) is 2.61. The average molecular weight is 253 g/mol. The number of nitrogens with two attached hydrogens (primary N) is 1. The van der Waals surface area contributed by atoms with Crippen molar-refractivity contribution in [2.24, 2.45) is 0 Å². The van der Waals surface area contributed by atoms with Crippen molar-refractivity contribution in [3.63, 3.8) is 0 Å². The molecule has 0 amide bonds. The second kappa shape index (κ2) is 5.82. The lowest BCUT2D eigenvalue weighted by molar-refractivity contribution is 0.254. The normalized spacial score (nSPS) is 10.7. The summed E-state index contributed by atoms with van der Waals surface area (Å²) in [6, 6.07) is 4.08. The Hall–Kier alpha value is -1.36. The van der Waals surface area contributed by atoms with E-state index in [1.807, 2.05) is 4.90 Å². The third kappa shape index (κ3) is 3.56. The maximum Gasteiger partial charge on any atom is 0.265 e. The Morgan fingerprint density at radius 3 is 2.41 bits per heavy atom. The number of hydrogen-bond donors (Lipinski definition) is 1. The van der Waals surface area contributed by atoms with E-state index in [0.29, 0.717) is 16.7 Å². The Morgan fingerprint density at radius 2 is 1.94 bits per heavy atom. The Morgan fingerprint density at radius 1 is 1.35 bits per heavy atom. The zero-order chi connectivity index (χ0) is 13.0. The Bertz CT molecular complexity index is 385. The number of hydrogen-bond acceptors (Lipinski definition) is 4. The number of ether oxygens (including phenoxy) is 1. The van der Waals surface area contributed by atoms with Gasteiger partial charge in [0.2, 0.25) is 0 Å². The molecule has 1 heterocycles. The molecule has 17 heavy (non-hydrogen) atoms. The molecule has 4 nitrogen and oxygen atoms in total. The molecule has 0 radical (unpaired) electrons. The van der Waals surface area contributed by atoms with Gasteiger partial charge in [0.25, 0.3) is 5.17 Å². The molecule has 1 rings (SSSR count). The SMILES string of the molecule is CC(C)N(C(=S)Oc1cccnc1N)C(C)C. The molecule has 0 fully saturated rings. The summed E-state index contributed by atoms with van der Waals surface area (Å²) < 4.78 is 5.60. The van der Waals surface area contributed by atoms with Crippen molar-refractivity contribution in [1.29, 1.82) is 0 Å². The minimum Gasteiger partial charge on any atom is -0.428 e. The maximum absolute atomic E-state index is 5.71. The second-order valence-corrected chi connectivity index (χ2v) is 4.70. The van der Waals surface area contributed by atoms with Crippen molar-refractivity contribution < 1.29 is 4.74 Å². The smallest absolute Gasteiger partial charge is 0.265 e. The van der Waals surface area contributed by atoms with E-state index in [4.69, 9.17) is 22.7 Å². The van der Waals surface area contributed by atoms with Gasteiger partial charge in [-0.2, -0.15) is 0 Å². The molecule has 0 spiro atoms. The minimum absolute atomic E-state index is 0.278. The maximum atomic E-state index is 5.71. The van der Waals surface area contributed by atoms with Crippen LogP contribution in [0, 0.1) is 0 Å². The topological polar surface area (TPSA) is 51.4 Å². The van der Waals surface area contributed by atoms with Gasteiger partial charge < -0.3 is 15.4 Å². The lowest BCUT2D eigenvalue weighted by atomic mass is 10.2. The van der Waals surface area contributed by atoms with Gasteiger partial charge in [0.1, 0.15) is 0 Å². The molecule has 0 saturated heterocycles. The van der Waals surface area contributed by atoms with Crippen molar-refractivity contribution in [3.8, 4) is 5.75 Å². The largest absolute Gasteiger partial charge is 0.428 e. The van der Waals surface area contributed by atoms with Crippen LogP contribution >= 0.6 is 12.2 Å². The van der Waals surface area contributed by atoms with Gasteiger partial charge in [0.15, 0.2) is 11.6 Å². The van der Waals surface area contributed by atoms with E-state index in [0.717, 1.165) is 0 Å². The fourth-order valence-corrected chi connectivity index (χ4v) is 2.17. The van der Waals surface area contributed by atoms with E-state index < -0.39 is 0 Å². The summed E-state index contributed by atoms with van der Waals surface area (Å²) in [5, 5.41) is 0.426. The summed E-state index contributed by atoms with van der Waals surface area (Å²) in [5.41, 5.74) is 5.71. The molecular formula is C12H19N3OS. The molecule has 0 aromatic carbocycles. The van der Waals surface area contributed by atoms with E-state index in [1.165, 1.54) is 0 Å². The molecule has 0 aliphatic carbocycles. The van der Waals surface area contributed by atoms with Crippen molar-refractivity contribution in [1.82, 2.24) is 9.88 Å². The molecule has 5 heteroatoms. The van der Waals surface area contributed by atoms with Crippen LogP contribution in [0.25, 0.3) is 0 Å². The standard InChI is InChI=1S/C12H19N3OS/c1-8(2)15(9(3)4)12(17)16-10-6-5-7-14-11(10)13/h5-9H,1-4H3,(H2,13,14). The molecule has 94 valence electrons. The van der Waals surface area contributed by atoms with Gasteiger partial charge in [-0.1, -0.05) is 0 Å². The lowest BCUT2D eigenvalue weighted by Crippen LogP contribution is -2.43. The summed E-state index contributed by atoms with van der Waals surface area (Å²) in [4.78, 5) is 5.97. The van der Waals surface area contributed by atoms with Gasteiger partial charge in [0.05, 0.1) is 0 Å². The molecule has 0 bridgehead atoms. The lowest BCUT2D eigenvalue weighted by Gasteiger charge is -2.32. The number of anilines is 1. The van der Waals surface area contributed by atoms with Crippen LogP contribution in [-0.2, 0) is 0 Å². The highest BCUT2D eigenvalue weighted by Crippen LogP contribution is 2.19. The van der Waals surface area contributed by atoms with Crippen LogP contribution in [0.2, 0.25) is 0 Å². The van der Waals surface area contributed by atoms with Crippen LogP contribution < -0.4 is 10.5 Å². The molecule has 0 aliphatic rings. The first-order valence-corrected chi connectivity index (χ1v) is 6.05. The Kier molecular flexibility index (Phi) is 4.69. The number of nitrogens with zero attached hydrogens (tertiary/aromatic N) is 2. The second-order valence-electron chi connectivity index (χ2n) is 4.35. The molecule has 0 saturated carbocycles. The van der Waals surface area contributed by atoms with Crippen molar-refractivity contribution in [2.75, 3.05) is 5.73 Å². The first kappa shape index (κ1) is 13.7. The third-order valence-electron chi connectivity index (χ3n) is 2.32. The number of aromatic nitrogens is 1. The highest BCUT2D eigenvalue weighted by Gasteiger charge is 2.19. The van der Waals surface area contributed by atoms with Gasteiger partial charge in [-0.15, -0.1) is 0 Å². The Labute approximate surface area is 108 Å². The molecule has 2 N–H and O–H groups in total. The van der Waals surface area contributed by atoms with E-state index in [2.05, 4.69) is 32.7 Å². The van der Waals surface area contributed by atoms with Crippen molar-refractivity contribution >= 4 is 23.2 Å². The van der Waals surface area contributed by atoms with E-state index in [1.54, 1.807) is 18.3 Å². The van der Waals surface area contributed by atoms with Crippen LogP contribution in [0.1, 0.15) is 27.7 Å². The van der Waals surface area contributed by atoms with Gasteiger partial charge >= 0.3 is 0 Å². The van der Waals surface area contributed by atoms with Crippen LogP contribution in [0.3, 0.4) is 0 Å². The number of pyridine rings is 1. The number of rotatable bonds is 3. The predicted octanol–water partition coefficient (Wildman–Crippen LogP) is 2.45. The summed E-state index contributed by atoms with van der Waals surface area (Å²) in [6.45, 7) is 8.29. The molecule has 1 aromatic rings. The van der Waals surface area contributed by atoms with Gasteiger partial charge in [-0.05, 0) is 52.0 Å². The first-order chi connectivity index (χ1) is 7.93. The van der Waals surface area contributed by atoms with E-state index in [-0.39, 0.29) is 12.1 Å². The van der Waals surface area contributed by atoms with Crippen LogP contribution in [-0.4, -0.2) is 27.1 Å². The summed E-state index contributed by atoms with van der Waals surface area (Å²) in [5.74, 6) is 0.853. The van der Waals surface area contributed by atoms with Crippen molar-refractivity contribution in [3.05, 3.63) is 18.3 Å². The van der Waals surface area contributed by atoms with Crippen LogP contribution in [0.4, 0.5) is 5.82 Å². The number of nitrogen functional groups attached to an aromatic ring is 1. The minimum atomic E-state index is 0.278. The van der Waals surface area contributed by atoms with Gasteiger partial charge in [-0.25, -0.2) is 4.98 Å². The quantitative estimate of drug-likeness (QED) is 0.839. The van der Waals surface area contributed by atoms with Gasteiger partial charge in [-0.3, -0.25) is 0 Å². The summed E-state index contributed by atoms with van der Waals surface area (Å²) in [7, 11) is 0. The molecule has 0 unspecified atom stereocenters. The van der Waals surface area contributed by atoms with Crippen LogP contribution in [0.5, 0.6) is 5.75 Å². The summed E-state index contributed by atoms with van der Waals surface area (Å²) in [6.07, 6.45) is 1.62. The molecular weight excluding hydrogens is 234 g/mol. The molecule has 0 aliphatic heterocycles. The van der Waals surface area contributed by atoms with E-state index in [9.17, 15) is 0 Å². The summed E-state index contributed by atoms with van der Waals surface area (Å²) >= 11 is 5.29. The Balaban J connectivity index is 2.81. The average Bonchev–Trinajstić information content (AvgIpc) is 2.20. The fourth-order valence-electron chi connectivity index (χ4n) is 1.65. The van der Waals surface area contributed by atoms with Crippen molar-refractivity contribution in [2.45, 2.75) is 39.8 Å². The monoisotopic (exact) mass is 253 g/mol. The highest BCUT2D eigenvalue weighted by molar-refractivity contribution is 7.80. The molecule has 1 aromatic heterocycles. The highest BCUT2D eigenvalue weighted by atomic mass is 32.1. The fraction of sp³-hybridized carbons (Fsp3) is 0.500. The zero-order valence-corrected chi connectivity index (χ0v) is 11.5. The number of thiocarbonyl (C=S) groups is 1. The molecule has 0 atom stereocenters. The predicted molar refractivity (Wildman–Crippen MR) is 74.0 cm³/mol. The first-order valence-electron chi connectivity index (χ1n) is 5.64. The van der Waals surface area contributed by atoms with E-state index >= 15 is 0 Å². The zero-order valence-electron chi connectivity index (χ0n) is 10.7. The van der Waals surface area contributed by atoms with Crippen LogP contribution in [0.15, 0.2) is 18.3 Å².